The van der Waals surface area contributed by atoms with Crippen molar-refractivity contribution in [2.75, 3.05) is 31.6 Å². The molecule has 0 saturated carbocycles. The van der Waals surface area contributed by atoms with Gasteiger partial charge in [0.05, 0.1) is 18.1 Å². The highest BCUT2D eigenvalue weighted by atomic mass is 32.2. The minimum atomic E-state index is -3.58. The van der Waals surface area contributed by atoms with E-state index in [0.717, 1.165) is 0 Å². The van der Waals surface area contributed by atoms with Crippen molar-refractivity contribution >= 4 is 27.6 Å². The Morgan fingerprint density at radius 3 is 2.42 bits per heavy atom. The molecule has 142 valence electrons. The van der Waals surface area contributed by atoms with E-state index >= 15 is 0 Å². The maximum atomic E-state index is 12.5. The number of hydrogen-bond donors (Lipinski definition) is 1. The molecule has 1 aromatic carbocycles. The van der Waals surface area contributed by atoms with Gasteiger partial charge in [0.2, 0.25) is 10.0 Å². The Balaban J connectivity index is 2.00. The molecular formula is C17H22N2O6S. The maximum absolute atomic E-state index is 12.5. The molecule has 0 aliphatic carbocycles. The van der Waals surface area contributed by atoms with Crippen molar-refractivity contribution in [3.05, 3.63) is 36.4 Å². The lowest BCUT2D eigenvalue weighted by Gasteiger charge is -2.26. The van der Waals surface area contributed by atoms with Gasteiger partial charge in [-0.05, 0) is 38.1 Å². The third-order valence-electron chi connectivity index (χ3n) is 3.69. The van der Waals surface area contributed by atoms with Gasteiger partial charge in [-0.25, -0.2) is 13.2 Å². The third-order valence-corrected chi connectivity index (χ3v) is 5.61. The summed E-state index contributed by atoms with van der Waals surface area (Å²) in [7, 11) is -3.58. The summed E-state index contributed by atoms with van der Waals surface area (Å²) in [6.07, 6.45) is 1.76. The van der Waals surface area contributed by atoms with Crippen LogP contribution in [0.25, 0.3) is 0 Å². The second-order valence-electron chi connectivity index (χ2n) is 5.61. The lowest BCUT2D eigenvalue weighted by molar-refractivity contribution is -0.148. The third kappa shape index (κ3) is 5.13. The van der Waals surface area contributed by atoms with Crippen LogP contribution in [0.15, 0.2) is 41.3 Å². The second-order valence-corrected chi connectivity index (χ2v) is 7.55. The Kier molecular flexibility index (Phi) is 6.90. The molecule has 0 spiro atoms. The largest absolute Gasteiger partial charge is 0.449 e. The number of morpholine rings is 1. The lowest BCUT2D eigenvalue weighted by Crippen LogP contribution is -2.40. The van der Waals surface area contributed by atoms with Crippen molar-refractivity contribution in [3.8, 4) is 0 Å². The predicted molar refractivity (Wildman–Crippen MR) is 95.0 cm³/mol. The molecule has 1 amide bonds. The Bertz CT molecular complexity index is 767. The fourth-order valence-electron chi connectivity index (χ4n) is 2.29. The van der Waals surface area contributed by atoms with Crippen molar-refractivity contribution in [2.45, 2.75) is 24.8 Å². The number of carbonyl (C=O) groups excluding carboxylic acids is 2. The van der Waals surface area contributed by atoms with Gasteiger partial charge < -0.3 is 14.8 Å². The fourth-order valence-corrected chi connectivity index (χ4v) is 3.70. The number of nitrogens with zero attached hydrogens (tertiary/aromatic N) is 1. The van der Waals surface area contributed by atoms with E-state index in [2.05, 4.69) is 5.32 Å². The van der Waals surface area contributed by atoms with Crippen LogP contribution in [0.3, 0.4) is 0 Å². The van der Waals surface area contributed by atoms with Crippen LogP contribution in [0, 0.1) is 0 Å². The van der Waals surface area contributed by atoms with Gasteiger partial charge in [-0.15, -0.1) is 0 Å². The molecule has 1 aliphatic rings. The van der Waals surface area contributed by atoms with E-state index < -0.39 is 28.0 Å². The second kappa shape index (κ2) is 8.93. The number of sulfonamides is 1. The topological polar surface area (TPSA) is 102 Å². The van der Waals surface area contributed by atoms with Crippen LogP contribution in [-0.4, -0.2) is 57.0 Å². The van der Waals surface area contributed by atoms with Crippen molar-refractivity contribution in [1.82, 2.24) is 4.31 Å². The highest BCUT2D eigenvalue weighted by Gasteiger charge is 2.26. The quantitative estimate of drug-likeness (QED) is 0.585. The minimum absolute atomic E-state index is 0.143. The molecule has 1 heterocycles. The number of benzene rings is 1. The van der Waals surface area contributed by atoms with Gasteiger partial charge >= 0.3 is 5.97 Å². The van der Waals surface area contributed by atoms with Crippen LogP contribution in [0.4, 0.5) is 5.69 Å². The Morgan fingerprint density at radius 1 is 1.23 bits per heavy atom. The first kappa shape index (κ1) is 20.1. The number of anilines is 1. The number of allylic oxidation sites excluding steroid dienone is 1. The molecule has 26 heavy (non-hydrogen) atoms. The molecule has 0 bridgehead atoms. The van der Waals surface area contributed by atoms with E-state index in [0.29, 0.717) is 32.0 Å². The van der Waals surface area contributed by atoms with Gasteiger partial charge in [-0.1, -0.05) is 6.08 Å². The monoisotopic (exact) mass is 382 g/mol. The summed E-state index contributed by atoms with van der Waals surface area (Å²) in [5, 5.41) is 2.58. The smallest absolute Gasteiger partial charge is 0.331 e. The Morgan fingerprint density at radius 2 is 1.85 bits per heavy atom. The summed E-state index contributed by atoms with van der Waals surface area (Å²) in [4.78, 5) is 23.5. The van der Waals surface area contributed by atoms with Crippen molar-refractivity contribution in [3.63, 3.8) is 0 Å². The number of amides is 1. The highest BCUT2D eigenvalue weighted by molar-refractivity contribution is 7.89. The van der Waals surface area contributed by atoms with E-state index in [1.165, 1.54) is 47.6 Å². The van der Waals surface area contributed by atoms with Gasteiger partial charge in [-0.3, -0.25) is 4.79 Å². The number of esters is 1. The van der Waals surface area contributed by atoms with Gasteiger partial charge in [0.25, 0.3) is 5.91 Å². The van der Waals surface area contributed by atoms with Gasteiger partial charge in [0.15, 0.2) is 6.10 Å². The zero-order valence-corrected chi connectivity index (χ0v) is 15.5. The zero-order chi connectivity index (χ0) is 19.2. The van der Waals surface area contributed by atoms with E-state index in [4.69, 9.17) is 9.47 Å². The van der Waals surface area contributed by atoms with Crippen molar-refractivity contribution < 1.29 is 27.5 Å². The van der Waals surface area contributed by atoms with Gasteiger partial charge in [0.1, 0.15) is 0 Å². The highest BCUT2D eigenvalue weighted by Crippen LogP contribution is 2.19. The van der Waals surface area contributed by atoms with E-state index in [1.54, 1.807) is 6.92 Å². The molecule has 0 unspecified atom stereocenters. The normalized spacial score (nSPS) is 17.0. The first-order valence-corrected chi connectivity index (χ1v) is 9.60. The van der Waals surface area contributed by atoms with Crippen LogP contribution in [0.5, 0.6) is 0 Å². The van der Waals surface area contributed by atoms with Gasteiger partial charge in [-0.2, -0.15) is 4.31 Å². The summed E-state index contributed by atoms with van der Waals surface area (Å²) in [5.74, 6) is -1.12. The first-order chi connectivity index (χ1) is 12.3. The first-order valence-electron chi connectivity index (χ1n) is 8.16. The van der Waals surface area contributed by atoms with Crippen molar-refractivity contribution in [2.24, 2.45) is 0 Å². The van der Waals surface area contributed by atoms with Crippen LogP contribution in [0.1, 0.15) is 13.8 Å². The molecular weight excluding hydrogens is 360 g/mol. The number of nitrogens with one attached hydrogen (secondary N) is 1. The van der Waals surface area contributed by atoms with Crippen LogP contribution in [-0.2, 0) is 29.1 Å². The molecule has 1 atom stereocenters. The van der Waals surface area contributed by atoms with E-state index in [9.17, 15) is 18.0 Å². The van der Waals surface area contributed by atoms with Gasteiger partial charge in [0, 0.05) is 24.9 Å². The summed E-state index contributed by atoms with van der Waals surface area (Å²) in [5.41, 5.74) is 0.407. The molecule has 1 aromatic rings. The fraction of sp³-hybridized carbons (Fsp3) is 0.412. The number of carbonyl (C=O) groups is 2. The predicted octanol–water partition coefficient (Wildman–Crippen LogP) is 1.15. The number of hydrogen-bond acceptors (Lipinski definition) is 6. The summed E-state index contributed by atoms with van der Waals surface area (Å²) < 4.78 is 36.5. The summed E-state index contributed by atoms with van der Waals surface area (Å²) >= 11 is 0. The minimum Gasteiger partial charge on any atom is -0.449 e. The van der Waals surface area contributed by atoms with Crippen LogP contribution < -0.4 is 5.32 Å². The number of ether oxygens (including phenoxy) is 2. The Hall–Kier alpha value is -2.23. The Labute approximate surface area is 152 Å². The maximum Gasteiger partial charge on any atom is 0.331 e. The molecule has 2 rings (SSSR count). The molecule has 1 aliphatic heterocycles. The molecule has 0 radical (unpaired) electrons. The standard InChI is InChI=1S/C17H22N2O6S/c1-3-4-16(20)25-13(2)17(21)18-14-5-7-15(8-6-14)26(22,23)19-9-11-24-12-10-19/h3-8,13H,9-12H2,1-2H3,(H,18,21)/b4-3+/t13-/m1/s1. The van der Waals surface area contributed by atoms with Crippen molar-refractivity contribution in [1.29, 1.82) is 0 Å². The van der Waals surface area contributed by atoms with E-state index in [1.807, 2.05) is 0 Å². The molecule has 9 heteroatoms. The molecule has 1 N–H and O–H groups in total. The van der Waals surface area contributed by atoms with Crippen LogP contribution >= 0.6 is 0 Å². The van der Waals surface area contributed by atoms with E-state index in [-0.39, 0.29) is 4.90 Å². The molecule has 8 nitrogen and oxygen atoms in total. The lowest BCUT2D eigenvalue weighted by atomic mass is 10.3. The van der Waals surface area contributed by atoms with Crippen LogP contribution in [0.2, 0.25) is 0 Å². The summed E-state index contributed by atoms with van der Waals surface area (Å²) in [6, 6.07) is 5.84. The SMILES string of the molecule is C/C=C/C(=O)O[C@H](C)C(=O)Nc1ccc(S(=O)(=O)N2CCOCC2)cc1. The molecule has 0 aromatic heterocycles. The molecule has 1 saturated heterocycles. The zero-order valence-electron chi connectivity index (χ0n) is 14.7. The average Bonchev–Trinajstić information content (AvgIpc) is 2.63. The average molecular weight is 382 g/mol. The molecule has 1 fully saturated rings. The summed E-state index contributed by atoms with van der Waals surface area (Å²) in [6.45, 7) is 4.49. The number of rotatable bonds is 6.